The van der Waals surface area contributed by atoms with Crippen molar-refractivity contribution in [1.82, 2.24) is 0 Å². The number of nitrogens with one attached hydrogen (secondary N) is 1. The summed E-state index contributed by atoms with van der Waals surface area (Å²) in [7, 11) is 0. The van der Waals surface area contributed by atoms with Crippen LogP contribution in [0.3, 0.4) is 0 Å². The molecule has 3 rings (SSSR count). The number of fused-ring (bicyclic) bond motifs is 1. The maximum absolute atomic E-state index is 8.78. The lowest BCUT2D eigenvalue weighted by Crippen LogP contribution is -1.98. The Labute approximate surface area is 111 Å². The smallest absolute Gasteiger partial charge is 0.110 e. The third-order valence-corrected chi connectivity index (χ3v) is 4.33. The molecule has 1 aliphatic rings. The molecule has 0 bridgehead atoms. The van der Waals surface area contributed by atoms with E-state index in [0.717, 1.165) is 11.4 Å². The van der Waals surface area contributed by atoms with Crippen LogP contribution in [-0.4, -0.2) is 0 Å². The van der Waals surface area contributed by atoms with Gasteiger partial charge < -0.3 is 5.32 Å². The molecule has 2 aromatic rings. The Balaban J connectivity index is 1.68. The van der Waals surface area contributed by atoms with E-state index in [4.69, 9.17) is 5.26 Å². The number of nitrogens with zero attached hydrogens (tertiary/aromatic N) is 1. The second kappa shape index (κ2) is 4.83. The van der Waals surface area contributed by atoms with Crippen molar-refractivity contribution in [3.63, 3.8) is 0 Å². The largest absolute Gasteiger partial charge is 0.380 e. The number of rotatable bonds is 3. The summed E-state index contributed by atoms with van der Waals surface area (Å²) in [6, 6.07) is 12.7. The summed E-state index contributed by atoms with van der Waals surface area (Å²) in [6.45, 7) is 0.797. The average molecular weight is 254 g/mol. The van der Waals surface area contributed by atoms with Crippen molar-refractivity contribution >= 4 is 17.0 Å². The summed E-state index contributed by atoms with van der Waals surface area (Å²) in [6.07, 6.45) is 3.73. The highest BCUT2D eigenvalue weighted by atomic mass is 32.1. The second-order valence-electron chi connectivity index (χ2n) is 4.57. The number of aryl methyl sites for hydroxylation is 2. The van der Waals surface area contributed by atoms with Crippen molar-refractivity contribution < 1.29 is 0 Å². The van der Waals surface area contributed by atoms with E-state index in [0.29, 0.717) is 0 Å². The SMILES string of the molecule is N#Cc1ccc(CNc2ccc3c(c2)CCC3)s1. The van der Waals surface area contributed by atoms with Crippen LogP contribution in [0.15, 0.2) is 30.3 Å². The molecule has 0 fully saturated rings. The minimum absolute atomic E-state index is 0.778. The fourth-order valence-corrected chi connectivity index (χ4v) is 3.15. The van der Waals surface area contributed by atoms with Crippen LogP contribution in [0.4, 0.5) is 5.69 Å². The van der Waals surface area contributed by atoms with E-state index < -0.39 is 0 Å². The van der Waals surface area contributed by atoms with Crippen LogP contribution in [0.5, 0.6) is 0 Å². The van der Waals surface area contributed by atoms with E-state index >= 15 is 0 Å². The standard InChI is InChI=1S/C15H14N2S/c16-9-14-6-7-15(18-14)10-17-13-5-4-11-2-1-3-12(11)8-13/h4-8,17H,1-3,10H2. The summed E-state index contributed by atoms with van der Waals surface area (Å²) < 4.78 is 0. The van der Waals surface area contributed by atoms with Gasteiger partial charge in [0.05, 0.1) is 0 Å². The van der Waals surface area contributed by atoms with Crippen molar-refractivity contribution in [2.24, 2.45) is 0 Å². The lowest BCUT2D eigenvalue weighted by atomic mass is 10.1. The van der Waals surface area contributed by atoms with Gasteiger partial charge in [0.1, 0.15) is 10.9 Å². The van der Waals surface area contributed by atoms with E-state index in [1.54, 1.807) is 11.3 Å². The molecule has 1 heterocycles. The number of anilines is 1. The van der Waals surface area contributed by atoms with Gasteiger partial charge in [0.15, 0.2) is 0 Å². The van der Waals surface area contributed by atoms with Gasteiger partial charge in [-0.3, -0.25) is 0 Å². The molecule has 2 nitrogen and oxygen atoms in total. The topological polar surface area (TPSA) is 35.8 Å². The molecule has 0 saturated carbocycles. The molecule has 0 saturated heterocycles. The maximum atomic E-state index is 8.78. The van der Waals surface area contributed by atoms with Crippen LogP contribution in [-0.2, 0) is 19.4 Å². The Hall–Kier alpha value is -1.79. The molecule has 1 aromatic carbocycles. The van der Waals surface area contributed by atoms with Crippen molar-refractivity contribution in [3.8, 4) is 6.07 Å². The van der Waals surface area contributed by atoms with Crippen LogP contribution in [0, 0.1) is 11.3 Å². The fraction of sp³-hybridized carbons (Fsp3) is 0.267. The Bertz CT molecular complexity index is 607. The molecule has 18 heavy (non-hydrogen) atoms. The lowest BCUT2D eigenvalue weighted by molar-refractivity contribution is 0.912. The summed E-state index contributed by atoms with van der Waals surface area (Å²) in [5.41, 5.74) is 4.18. The van der Waals surface area contributed by atoms with Crippen LogP contribution in [0.25, 0.3) is 0 Å². The normalized spacial score (nSPS) is 13.1. The van der Waals surface area contributed by atoms with E-state index in [-0.39, 0.29) is 0 Å². The quantitative estimate of drug-likeness (QED) is 0.906. The lowest BCUT2D eigenvalue weighted by Gasteiger charge is -2.07. The van der Waals surface area contributed by atoms with Gasteiger partial charge in [-0.2, -0.15) is 5.26 Å². The first-order valence-electron chi connectivity index (χ1n) is 6.19. The zero-order chi connectivity index (χ0) is 12.4. The molecule has 1 aliphatic carbocycles. The molecule has 3 heteroatoms. The monoisotopic (exact) mass is 254 g/mol. The third kappa shape index (κ3) is 2.25. The Morgan fingerprint density at radius 1 is 1.17 bits per heavy atom. The van der Waals surface area contributed by atoms with Gasteiger partial charge in [-0.05, 0) is 54.7 Å². The highest BCUT2D eigenvalue weighted by Crippen LogP contribution is 2.25. The highest BCUT2D eigenvalue weighted by molar-refractivity contribution is 7.12. The van der Waals surface area contributed by atoms with Crippen molar-refractivity contribution in [2.75, 3.05) is 5.32 Å². The molecule has 1 aromatic heterocycles. The summed E-state index contributed by atoms with van der Waals surface area (Å²) in [5.74, 6) is 0. The van der Waals surface area contributed by atoms with E-state index in [1.165, 1.54) is 41.0 Å². The summed E-state index contributed by atoms with van der Waals surface area (Å²) in [5, 5.41) is 12.2. The fourth-order valence-electron chi connectivity index (χ4n) is 2.40. The van der Waals surface area contributed by atoms with Gasteiger partial charge in [0.25, 0.3) is 0 Å². The average Bonchev–Trinajstić information content (AvgIpc) is 3.04. The molecular weight excluding hydrogens is 240 g/mol. The van der Waals surface area contributed by atoms with E-state index in [9.17, 15) is 0 Å². The van der Waals surface area contributed by atoms with Gasteiger partial charge in [-0.1, -0.05) is 6.07 Å². The van der Waals surface area contributed by atoms with E-state index in [2.05, 4.69) is 29.6 Å². The third-order valence-electron chi connectivity index (χ3n) is 3.34. The predicted molar refractivity (Wildman–Crippen MR) is 74.8 cm³/mol. The number of nitriles is 1. The van der Waals surface area contributed by atoms with Gasteiger partial charge in [-0.25, -0.2) is 0 Å². The van der Waals surface area contributed by atoms with Crippen LogP contribution < -0.4 is 5.32 Å². The molecule has 0 amide bonds. The highest BCUT2D eigenvalue weighted by Gasteiger charge is 2.10. The molecule has 0 spiro atoms. The van der Waals surface area contributed by atoms with Crippen LogP contribution in [0.2, 0.25) is 0 Å². The zero-order valence-electron chi connectivity index (χ0n) is 10.1. The molecule has 0 aliphatic heterocycles. The molecule has 0 unspecified atom stereocenters. The van der Waals surface area contributed by atoms with Gasteiger partial charge in [0, 0.05) is 17.1 Å². The van der Waals surface area contributed by atoms with Crippen molar-refractivity contribution in [1.29, 1.82) is 5.26 Å². The van der Waals surface area contributed by atoms with Crippen molar-refractivity contribution in [3.05, 3.63) is 51.2 Å². The Kier molecular flexibility index (Phi) is 3.04. The first kappa shape index (κ1) is 11.3. The minimum Gasteiger partial charge on any atom is -0.380 e. The first-order chi connectivity index (χ1) is 8.85. The molecule has 0 radical (unpaired) electrons. The van der Waals surface area contributed by atoms with E-state index in [1.807, 2.05) is 12.1 Å². The van der Waals surface area contributed by atoms with Gasteiger partial charge >= 0.3 is 0 Å². The maximum Gasteiger partial charge on any atom is 0.110 e. The van der Waals surface area contributed by atoms with Crippen LogP contribution in [0.1, 0.15) is 27.3 Å². The number of hydrogen-bond acceptors (Lipinski definition) is 3. The zero-order valence-corrected chi connectivity index (χ0v) is 10.9. The Morgan fingerprint density at radius 3 is 2.89 bits per heavy atom. The summed E-state index contributed by atoms with van der Waals surface area (Å²) in [4.78, 5) is 1.98. The molecule has 90 valence electrons. The number of benzene rings is 1. The second-order valence-corrected chi connectivity index (χ2v) is 5.74. The minimum atomic E-state index is 0.778. The molecule has 0 atom stereocenters. The number of thiophene rings is 1. The van der Waals surface area contributed by atoms with Crippen LogP contribution >= 0.6 is 11.3 Å². The predicted octanol–water partition coefficient (Wildman–Crippen LogP) is 3.72. The van der Waals surface area contributed by atoms with Crippen molar-refractivity contribution in [2.45, 2.75) is 25.8 Å². The van der Waals surface area contributed by atoms with Gasteiger partial charge in [-0.15, -0.1) is 11.3 Å². The molecular formula is C15H14N2S. The molecule has 1 N–H and O–H groups in total. The summed E-state index contributed by atoms with van der Waals surface area (Å²) >= 11 is 1.55. The Morgan fingerprint density at radius 2 is 2.06 bits per heavy atom. The first-order valence-corrected chi connectivity index (χ1v) is 7.01. The number of hydrogen-bond donors (Lipinski definition) is 1. The van der Waals surface area contributed by atoms with Gasteiger partial charge in [0.2, 0.25) is 0 Å².